The zero-order valence-electron chi connectivity index (χ0n) is 11.3. The molecule has 0 aromatic carbocycles. The van der Waals surface area contributed by atoms with Gasteiger partial charge in [-0.3, -0.25) is 4.79 Å². The second-order valence-corrected chi connectivity index (χ2v) is 3.97. The molecular formula is C13H19FN2O3. The number of rotatable bonds is 8. The molecule has 0 aliphatic carbocycles. The largest absolute Gasteiger partial charge is 0.385 e. The van der Waals surface area contributed by atoms with Crippen molar-refractivity contribution in [3.63, 3.8) is 0 Å². The monoisotopic (exact) mass is 270 g/mol. The summed E-state index contributed by atoms with van der Waals surface area (Å²) in [4.78, 5) is 17.2. The minimum absolute atomic E-state index is 0.0176. The van der Waals surface area contributed by atoms with Gasteiger partial charge in [0.2, 0.25) is 5.95 Å². The number of aromatic nitrogens is 1. The Labute approximate surface area is 112 Å². The van der Waals surface area contributed by atoms with E-state index in [-0.39, 0.29) is 11.5 Å². The molecule has 0 N–H and O–H groups in total. The van der Waals surface area contributed by atoms with Crippen LogP contribution in [0.1, 0.15) is 16.8 Å². The lowest BCUT2D eigenvalue weighted by atomic mass is 10.2. The molecule has 0 spiro atoms. The van der Waals surface area contributed by atoms with Crippen LogP contribution in [0.5, 0.6) is 0 Å². The van der Waals surface area contributed by atoms with E-state index in [9.17, 15) is 9.18 Å². The average Bonchev–Trinajstić information content (AvgIpc) is 2.42. The van der Waals surface area contributed by atoms with Crippen molar-refractivity contribution in [2.75, 3.05) is 40.5 Å². The number of nitrogens with zero attached hydrogens (tertiary/aromatic N) is 2. The van der Waals surface area contributed by atoms with Crippen molar-refractivity contribution in [1.29, 1.82) is 0 Å². The summed E-state index contributed by atoms with van der Waals surface area (Å²) in [5, 5.41) is 0. The van der Waals surface area contributed by atoms with Gasteiger partial charge in [0.25, 0.3) is 5.91 Å². The zero-order valence-corrected chi connectivity index (χ0v) is 11.3. The van der Waals surface area contributed by atoms with E-state index in [4.69, 9.17) is 9.47 Å². The quantitative estimate of drug-likeness (QED) is 0.528. The first-order valence-electron chi connectivity index (χ1n) is 6.08. The zero-order chi connectivity index (χ0) is 14.1. The van der Waals surface area contributed by atoms with E-state index in [0.717, 1.165) is 0 Å². The molecule has 0 bridgehead atoms. The van der Waals surface area contributed by atoms with Crippen molar-refractivity contribution in [2.24, 2.45) is 0 Å². The molecule has 0 unspecified atom stereocenters. The first-order valence-corrected chi connectivity index (χ1v) is 6.08. The first kappa shape index (κ1) is 15.5. The van der Waals surface area contributed by atoms with Gasteiger partial charge in [-0.15, -0.1) is 0 Å². The normalized spacial score (nSPS) is 10.5. The van der Waals surface area contributed by atoms with Crippen molar-refractivity contribution in [3.8, 4) is 0 Å². The van der Waals surface area contributed by atoms with Crippen LogP contribution in [0.25, 0.3) is 0 Å². The number of carbonyl (C=O) groups excluding carboxylic acids is 1. The van der Waals surface area contributed by atoms with Gasteiger partial charge in [0.15, 0.2) is 0 Å². The highest BCUT2D eigenvalue weighted by molar-refractivity contribution is 5.94. The van der Waals surface area contributed by atoms with Crippen molar-refractivity contribution in [3.05, 3.63) is 29.8 Å². The summed E-state index contributed by atoms with van der Waals surface area (Å²) >= 11 is 0. The summed E-state index contributed by atoms with van der Waals surface area (Å²) in [6.07, 6.45) is 2.00. The Balaban J connectivity index is 2.72. The van der Waals surface area contributed by atoms with Crippen molar-refractivity contribution >= 4 is 5.91 Å². The molecule has 6 heteroatoms. The number of amides is 1. The maximum absolute atomic E-state index is 13.5. The van der Waals surface area contributed by atoms with Crippen LogP contribution < -0.4 is 0 Å². The average molecular weight is 270 g/mol. The minimum atomic E-state index is -0.748. The Kier molecular flexibility index (Phi) is 6.99. The van der Waals surface area contributed by atoms with Gasteiger partial charge in [-0.1, -0.05) is 0 Å². The highest BCUT2D eigenvalue weighted by Gasteiger charge is 2.19. The van der Waals surface area contributed by atoms with Crippen molar-refractivity contribution in [1.82, 2.24) is 9.88 Å². The first-order chi connectivity index (χ1) is 9.20. The lowest BCUT2D eigenvalue weighted by Crippen LogP contribution is -2.35. The van der Waals surface area contributed by atoms with Crippen LogP contribution in [-0.4, -0.2) is 56.3 Å². The summed E-state index contributed by atoms with van der Waals surface area (Å²) in [6.45, 7) is 1.85. The molecule has 1 rings (SSSR count). The number of hydrogen-bond acceptors (Lipinski definition) is 4. The number of carbonyl (C=O) groups is 1. The van der Waals surface area contributed by atoms with E-state index in [1.807, 2.05) is 0 Å². The Hall–Kier alpha value is -1.53. The topological polar surface area (TPSA) is 51.7 Å². The summed E-state index contributed by atoms with van der Waals surface area (Å²) in [5.41, 5.74) is -0.0176. The van der Waals surface area contributed by atoms with E-state index in [2.05, 4.69) is 4.98 Å². The van der Waals surface area contributed by atoms with Crippen molar-refractivity contribution in [2.45, 2.75) is 6.42 Å². The highest BCUT2D eigenvalue weighted by Crippen LogP contribution is 2.08. The summed E-state index contributed by atoms with van der Waals surface area (Å²) in [5.74, 6) is -1.12. The summed E-state index contributed by atoms with van der Waals surface area (Å²) < 4.78 is 23.4. The molecule has 1 heterocycles. The molecule has 106 valence electrons. The molecule has 0 saturated heterocycles. The lowest BCUT2D eigenvalue weighted by molar-refractivity contribution is 0.0668. The Morgan fingerprint density at radius 3 is 2.68 bits per heavy atom. The minimum Gasteiger partial charge on any atom is -0.385 e. The Morgan fingerprint density at radius 2 is 2.05 bits per heavy atom. The standard InChI is InChI=1S/C13H19FN2O3/c1-18-9-4-7-16(8-10-19-2)13(17)11-5-3-6-15-12(11)14/h3,5-6H,4,7-10H2,1-2H3. The van der Waals surface area contributed by atoms with E-state index in [0.29, 0.717) is 32.7 Å². The SMILES string of the molecule is COCCCN(CCOC)C(=O)c1cccnc1F. The summed E-state index contributed by atoms with van der Waals surface area (Å²) in [6, 6.07) is 2.97. The van der Waals surface area contributed by atoms with E-state index >= 15 is 0 Å². The summed E-state index contributed by atoms with van der Waals surface area (Å²) in [7, 11) is 3.16. The fourth-order valence-corrected chi connectivity index (χ4v) is 1.63. The Morgan fingerprint density at radius 1 is 1.32 bits per heavy atom. The van der Waals surface area contributed by atoms with Gasteiger partial charge in [0.05, 0.1) is 12.2 Å². The van der Waals surface area contributed by atoms with Crippen LogP contribution in [0.15, 0.2) is 18.3 Å². The van der Waals surface area contributed by atoms with E-state index in [1.165, 1.54) is 12.3 Å². The van der Waals surface area contributed by atoms with Gasteiger partial charge in [-0.05, 0) is 18.6 Å². The second-order valence-electron chi connectivity index (χ2n) is 3.97. The fourth-order valence-electron chi connectivity index (χ4n) is 1.63. The van der Waals surface area contributed by atoms with Gasteiger partial charge in [0, 0.05) is 40.1 Å². The third-order valence-electron chi connectivity index (χ3n) is 2.62. The number of halogens is 1. The van der Waals surface area contributed by atoms with Gasteiger partial charge in [-0.25, -0.2) is 4.98 Å². The smallest absolute Gasteiger partial charge is 0.258 e. The van der Waals surface area contributed by atoms with Crippen LogP contribution in [0.2, 0.25) is 0 Å². The number of ether oxygens (including phenoxy) is 2. The third kappa shape index (κ3) is 4.92. The van der Waals surface area contributed by atoms with Crippen LogP contribution in [0.4, 0.5) is 4.39 Å². The van der Waals surface area contributed by atoms with Crippen molar-refractivity contribution < 1.29 is 18.7 Å². The molecular weight excluding hydrogens is 251 g/mol. The molecule has 5 nitrogen and oxygen atoms in total. The molecule has 0 saturated carbocycles. The molecule has 19 heavy (non-hydrogen) atoms. The van der Waals surface area contributed by atoms with Crippen LogP contribution in [0, 0.1) is 5.95 Å². The molecule has 1 amide bonds. The lowest BCUT2D eigenvalue weighted by Gasteiger charge is -2.22. The molecule has 0 aliphatic heterocycles. The van der Waals surface area contributed by atoms with Gasteiger partial charge in [0.1, 0.15) is 0 Å². The van der Waals surface area contributed by atoms with Gasteiger partial charge in [-0.2, -0.15) is 4.39 Å². The number of pyridine rings is 1. The molecule has 1 aromatic heterocycles. The Bertz CT molecular complexity index is 401. The van der Waals surface area contributed by atoms with E-state index in [1.54, 1.807) is 25.2 Å². The van der Waals surface area contributed by atoms with Crippen LogP contribution in [0.3, 0.4) is 0 Å². The molecule has 0 atom stereocenters. The number of hydrogen-bond donors (Lipinski definition) is 0. The molecule has 1 aromatic rings. The van der Waals surface area contributed by atoms with Gasteiger partial charge >= 0.3 is 0 Å². The second kappa shape index (κ2) is 8.55. The maximum Gasteiger partial charge on any atom is 0.258 e. The van der Waals surface area contributed by atoms with E-state index < -0.39 is 5.95 Å². The van der Waals surface area contributed by atoms with Crippen LogP contribution in [-0.2, 0) is 9.47 Å². The maximum atomic E-state index is 13.5. The molecule has 0 aliphatic rings. The predicted molar refractivity (Wildman–Crippen MR) is 68.5 cm³/mol. The number of methoxy groups -OCH3 is 2. The fraction of sp³-hybridized carbons (Fsp3) is 0.538. The predicted octanol–water partition coefficient (Wildman–Crippen LogP) is 1.35. The molecule has 0 radical (unpaired) electrons. The highest BCUT2D eigenvalue weighted by atomic mass is 19.1. The molecule has 0 fully saturated rings. The third-order valence-corrected chi connectivity index (χ3v) is 2.62. The van der Waals surface area contributed by atoms with Crippen LogP contribution >= 0.6 is 0 Å². The van der Waals surface area contributed by atoms with Gasteiger partial charge < -0.3 is 14.4 Å².